The summed E-state index contributed by atoms with van der Waals surface area (Å²) in [5.41, 5.74) is 6.79. The minimum atomic E-state index is -4.41. The van der Waals surface area contributed by atoms with Gasteiger partial charge in [0.05, 0.1) is 69.7 Å². The first-order valence-electron chi connectivity index (χ1n) is 15.2. The van der Waals surface area contributed by atoms with Crippen LogP contribution in [-0.4, -0.2) is 127 Å². The molecule has 0 bridgehead atoms. The first-order chi connectivity index (χ1) is 22.9. The molecule has 0 fully saturated rings. The summed E-state index contributed by atoms with van der Waals surface area (Å²) in [5.74, 6) is -0.669. The lowest BCUT2D eigenvalue weighted by molar-refractivity contribution is -0.883. The summed E-state index contributed by atoms with van der Waals surface area (Å²) in [6.45, 7) is 5.62. The van der Waals surface area contributed by atoms with Gasteiger partial charge in [-0.15, -0.1) is 0 Å². The SMILES string of the molecule is CCOC(=O)c1[nH]c2ccc(-c3ccc4[nH]c(C(=O)OCC)c(C[N+](C)(C)C)c4c3)cc2c1C[N+](C)(C)C.COS(=O)(=O)[O-].COS(=O)(=O)[O-]. The average molecular weight is 743 g/mol. The summed E-state index contributed by atoms with van der Waals surface area (Å²) in [6.07, 6.45) is 0. The van der Waals surface area contributed by atoms with Crippen molar-refractivity contribution in [3.05, 3.63) is 58.9 Å². The van der Waals surface area contributed by atoms with E-state index in [2.05, 4.69) is 84.9 Å². The summed E-state index contributed by atoms with van der Waals surface area (Å²) in [5, 5.41) is 2.01. The van der Waals surface area contributed by atoms with Crippen LogP contribution >= 0.6 is 0 Å². The summed E-state index contributed by atoms with van der Waals surface area (Å²) >= 11 is 0. The number of rotatable bonds is 11. The fourth-order valence-electron chi connectivity index (χ4n) is 4.89. The molecule has 0 saturated heterocycles. The maximum Gasteiger partial charge on any atom is 0.355 e. The first-order valence-corrected chi connectivity index (χ1v) is 17.9. The van der Waals surface area contributed by atoms with Gasteiger partial charge in [0.2, 0.25) is 20.8 Å². The molecule has 4 aromatic rings. The molecule has 2 aromatic heterocycles. The highest BCUT2D eigenvalue weighted by Crippen LogP contribution is 2.34. The zero-order chi connectivity index (χ0) is 38.2. The molecule has 0 aliphatic heterocycles. The molecule has 2 heterocycles. The molecule has 4 rings (SSSR count). The molecule has 0 aliphatic carbocycles. The highest BCUT2D eigenvalue weighted by atomic mass is 32.3. The molecule has 2 N–H and O–H groups in total. The van der Waals surface area contributed by atoms with Crippen LogP contribution in [-0.2, 0) is 51.7 Å². The lowest BCUT2D eigenvalue weighted by atomic mass is 9.99. The Hall–Kier alpha value is -3.88. The highest BCUT2D eigenvalue weighted by Gasteiger charge is 2.26. The van der Waals surface area contributed by atoms with Crippen molar-refractivity contribution in [3.8, 4) is 11.1 Å². The van der Waals surface area contributed by atoms with E-state index in [0.717, 1.165) is 58.3 Å². The van der Waals surface area contributed by atoms with Crippen LogP contribution in [0, 0.1) is 0 Å². The van der Waals surface area contributed by atoms with Crippen molar-refractivity contribution in [2.24, 2.45) is 0 Å². The average Bonchev–Trinajstić information content (AvgIpc) is 3.53. The predicted molar refractivity (Wildman–Crippen MR) is 184 cm³/mol. The van der Waals surface area contributed by atoms with Crippen LogP contribution in [0.2, 0.25) is 0 Å². The molecule has 0 saturated carbocycles. The van der Waals surface area contributed by atoms with E-state index in [4.69, 9.17) is 9.47 Å². The standard InChI is InChI=1S/C30H38N4O4.2CH4O4S/c1-9-37-29(35)27-23(17-33(3,4)5)21-15-19(11-13-25(21)31-27)20-12-14-26-22(16-20)24(18-34(6,7)8)28(32-26)30(36)38-10-2;2*1-5-6(2,3)4/h11-16H,9-10,17-18H2,1-8H3;2*1H3,(H,2,3,4). The van der Waals surface area contributed by atoms with Crippen LogP contribution < -0.4 is 0 Å². The number of nitrogens with one attached hydrogen (secondary N) is 2. The number of nitrogens with zero attached hydrogens (tertiary/aromatic N) is 2. The number of hydrogen-bond donors (Lipinski definition) is 2. The number of carbonyl (C=O) groups is 2. The van der Waals surface area contributed by atoms with E-state index in [1.54, 1.807) is 0 Å². The Kier molecular flexibility index (Phi) is 14.3. The van der Waals surface area contributed by atoms with E-state index in [0.29, 0.717) is 46.7 Å². The largest absolute Gasteiger partial charge is 0.726 e. The van der Waals surface area contributed by atoms with Crippen molar-refractivity contribution < 1.29 is 62.3 Å². The highest BCUT2D eigenvalue weighted by molar-refractivity contribution is 7.81. The smallest absolute Gasteiger partial charge is 0.355 e. The zero-order valence-electron chi connectivity index (χ0n) is 29.9. The Bertz CT molecular complexity index is 1880. The number of aromatic amines is 2. The summed E-state index contributed by atoms with van der Waals surface area (Å²) < 4.78 is 74.1. The van der Waals surface area contributed by atoms with Gasteiger partial charge >= 0.3 is 11.9 Å². The van der Waals surface area contributed by atoms with Gasteiger partial charge in [-0.2, -0.15) is 0 Å². The number of benzene rings is 2. The maximum atomic E-state index is 12.8. The van der Waals surface area contributed by atoms with Gasteiger partial charge in [0.1, 0.15) is 24.5 Å². The summed E-state index contributed by atoms with van der Waals surface area (Å²) in [6, 6.07) is 12.4. The van der Waals surface area contributed by atoms with Gasteiger partial charge in [-0.3, -0.25) is 8.37 Å². The number of esters is 2. The molecule has 0 atom stereocenters. The van der Waals surface area contributed by atoms with E-state index in [9.17, 15) is 35.5 Å². The Morgan fingerprint density at radius 2 is 0.940 bits per heavy atom. The minimum absolute atomic E-state index is 0.323. The number of fused-ring (bicyclic) bond motifs is 2. The lowest BCUT2D eigenvalue weighted by Gasteiger charge is -2.24. The Morgan fingerprint density at radius 3 is 1.18 bits per heavy atom. The van der Waals surface area contributed by atoms with E-state index >= 15 is 0 Å². The molecular formula is C32H46N4O12S2. The maximum absolute atomic E-state index is 12.8. The predicted octanol–water partition coefficient (Wildman–Crippen LogP) is 3.27. The number of hydrogen-bond acceptors (Lipinski definition) is 12. The van der Waals surface area contributed by atoms with E-state index < -0.39 is 20.8 Å². The minimum Gasteiger partial charge on any atom is -0.726 e. The number of carbonyl (C=O) groups excluding carboxylic acids is 2. The molecule has 278 valence electrons. The van der Waals surface area contributed by atoms with Crippen LogP contribution in [0.25, 0.3) is 32.9 Å². The molecular weight excluding hydrogens is 697 g/mol. The molecule has 0 amide bonds. The van der Waals surface area contributed by atoms with Gasteiger partial charge < -0.3 is 37.5 Å². The van der Waals surface area contributed by atoms with Gasteiger partial charge in [0.15, 0.2) is 0 Å². The second-order valence-electron chi connectivity index (χ2n) is 13.0. The lowest BCUT2D eigenvalue weighted by Crippen LogP contribution is -2.34. The molecule has 16 nitrogen and oxygen atoms in total. The third-order valence-electron chi connectivity index (χ3n) is 6.78. The molecule has 0 radical (unpaired) electrons. The number of aromatic nitrogens is 2. The fourth-order valence-corrected chi connectivity index (χ4v) is 4.89. The first kappa shape index (κ1) is 42.3. The number of quaternary nitrogens is 2. The normalized spacial score (nSPS) is 12.2. The van der Waals surface area contributed by atoms with Gasteiger partial charge in [-0.1, -0.05) is 12.1 Å². The van der Waals surface area contributed by atoms with E-state index in [1.165, 1.54) is 0 Å². The zero-order valence-corrected chi connectivity index (χ0v) is 31.5. The molecule has 50 heavy (non-hydrogen) atoms. The van der Waals surface area contributed by atoms with E-state index in [1.807, 2.05) is 26.0 Å². The van der Waals surface area contributed by atoms with E-state index in [-0.39, 0.29) is 11.9 Å². The third kappa shape index (κ3) is 12.8. The Labute approximate surface area is 293 Å². The van der Waals surface area contributed by atoms with Crippen molar-refractivity contribution in [2.45, 2.75) is 26.9 Å². The molecule has 0 unspecified atom stereocenters. The van der Waals surface area contributed by atoms with Gasteiger partial charge in [-0.25, -0.2) is 26.4 Å². The second kappa shape index (κ2) is 16.9. The Morgan fingerprint density at radius 1 is 0.640 bits per heavy atom. The topological polar surface area (TPSA) is 217 Å². The van der Waals surface area contributed by atoms with Crippen molar-refractivity contribution >= 4 is 54.5 Å². The van der Waals surface area contributed by atoms with Crippen LogP contribution in [0.1, 0.15) is 46.0 Å². The van der Waals surface area contributed by atoms with Crippen LogP contribution in [0.5, 0.6) is 0 Å². The number of H-pyrrole nitrogens is 2. The van der Waals surface area contributed by atoms with Gasteiger partial charge in [0.25, 0.3) is 0 Å². The van der Waals surface area contributed by atoms with Crippen molar-refractivity contribution in [1.82, 2.24) is 9.97 Å². The Balaban J connectivity index is 0.000000619. The second-order valence-corrected chi connectivity index (χ2v) is 15.3. The van der Waals surface area contributed by atoms with Crippen molar-refractivity contribution in [2.75, 3.05) is 69.7 Å². The van der Waals surface area contributed by atoms with Crippen LogP contribution in [0.4, 0.5) is 0 Å². The summed E-state index contributed by atoms with van der Waals surface area (Å²) in [7, 11) is 5.42. The molecule has 0 aliphatic rings. The molecule has 2 aromatic carbocycles. The molecule has 0 spiro atoms. The number of ether oxygens (including phenoxy) is 2. The third-order valence-corrected chi connectivity index (χ3v) is 7.59. The van der Waals surface area contributed by atoms with Gasteiger partial charge in [0, 0.05) is 32.9 Å². The monoisotopic (exact) mass is 742 g/mol. The summed E-state index contributed by atoms with van der Waals surface area (Å²) in [4.78, 5) is 32.1. The van der Waals surface area contributed by atoms with Crippen molar-refractivity contribution in [1.29, 1.82) is 0 Å². The molecule has 18 heteroatoms. The quantitative estimate of drug-likeness (QED) is 0.0980. The fraction of sp³-hybridized carbons (Fsp3) is 0.438. The van der Waals surface area contributed by atoms with Crippen LogP contribution in [0.3, 0.4) is 0 Å². The van der Waals surface area contributed by atoms with Gasteiger partial charge in [-0.05, 0) is 49.2 Å². The van der Waals surface area contributed by atoms with Crippen LogP contribution in [0.15, 0.2) is 36.4 Å². The van der Waals surface area contributed by atoms with Crippen molar-refractivity contribution in [3.63, 3.8) is 0 Å².